The van der Waals surface area contributed by atoms with Crippen LogP contribution in [0.15, 0.2) is 91.0 Å². The zero-order valence-corrected chi connectivity index (χ0v) is 18.5. The first kappa shape index (κ1) is 20.2. The average molecular weight is 412 g/mol. The Balaban J connectivity index is 1.86. The number of benzene rings is 3. The smallest absolute Gasteiger partial charge is 0.274 e. The lowest BCUT2D eigenvalue weighted by molar-refractivity contribution is -0.143. The van der Waals surface area contributed by atoms with E-state index in [0.29, 0.717) is 0 Å². The van der Waals surface area contributed by atoms with Crippen molar-refractivity contribution in [3.8, 4) is 11.8 Å². The fourth-order valence-electron chi connectivity index (χ4n) is 3.82. The van der Waals surface area contributed by atoms with Gasteiger partial charge in [0.25, 0.3) is 5.91 Å². The Labute approximate surface area is 179 Å². The summed E-state index contributed by atoms with van der Waals surface area (Å²) in [4.78, 5) is 15.5. The number of hydrogen-bond donors (Lipinski definition) is 0. The van der Waals surface area contributed by atoms with Crippen LogP contribution in [-0.2, 0) is 9.22 Å². The van der Waals surface area contributed by atoms with Gasteiger partial charge in [0.05, 0.1) is 0 Å². The van der Waals surface area contributed by atoms with Crippen LogP contribution < -0.4 is 4.90 Å². The van der Waals surface area contributed by atoms with E-state index in [-0.39, 0.29) is 11.9 Å². The number of carbonyl (C=O) groups excluding carboxylic acids is 1. The quantitative estimate of drug-likeness (QED) is 0.326. The minimum absolute atomic E-state index is 0.103. The topological polar surface area (TPSA) is 29.5 Å². The van der Waals surface area contributed by atoms with Crippen LogP contribution in [0.1, 0.15) is 17.2 Å². The lowest BCUT2D eigenvalue weighted by Crippen LogP contribution is -2.71. The normalized spacial score (nSPS) is 20.8. The molecule has 0 spiro atoms. The van der Waals surface area contributed by atoms with Crippen molar-refractivity contribution in [3.05, 3.63) is 102 Å². The molecule has 0 bridgehead atoms. The third kappa shape index (κ3) is 3.82. The molecule has 1 aliphatic heterocycles. The minimum Gasteiger partial charge on any atom is -0.393 e. The molecule has 0 aliphatic carbocycles. The highest BCUT2D eigenvalue weighted by atomic mass is 28.4. The Morgan fingerprint density at radius 2 is 1.37 bits per heavy atom. The fourth-order valence-corrected chi connectivity index (χ4v) is 5.04. The molecular weight excluding hydrogens is 386 g/mol. The maximum Gasteiger partial charge on any atom is 0.274 e. The Morgan fingerprint density at radius 3 is 1.93 bits per heavy atom. The van der Waals surface area contributed by atoms with E-state index in [1.54, 1.807) is 0 Å². The van der Waals surface area contributed by atoms with E-state index >= 15 is 0 Å². The van der Waals surface area contributed by atoms with Crippen LogP contribution in [0.25, 0.3) is 0 Å². The first-order chi connectivity index (χ1) is 14.4. The number of nitrogens with zero attached hydrogens (tertiary/aromatic N) is 1. The number of anilines is 1. The lowest BCUT2D eigenvalue weighted by atomic mass is 9.77. The van der Waals surface area contributed by atoms with Crippen molar-refractivity contribution in [3.63, 3.8) is 0 Å². The van der Waals surface area contributed by atoms with Crippen LogP contribution in [0.2, 0.25) is 19.6 Å². The number of carbonyl (C=O) groups is 1. The van der Waals surface area contributed by atoms with Crippen molar-refractivity contribution in [1.29, 1.82) is 0 Å². The molecule has 0 radical (unpaired) electrons. The summed E-state index contributed by atoms with van der Waals surface area (Å²) in [5.74, 6) is 6.38. The molecule has 0 saturated carbocycles. The van der Waals surface area contributed by atoms with E-state index in [1.165, 1.54) is 0 Å². The molecule has 3 aromatic carbocycles. The summed E-state index contributed by atoms with van der Waals surface area (Å²) in [6.07, 6.45) is 0. The molecule has 1 fully saturated rings. The molecule has 3 aromatic rings. The van der Waals surface area contributed by atoms with Gasteiger partial charge in [-0.3, -0.25) is 9.69 Å². The highest BCUT2D eigenvalue weighted by Crippen LogP contribution is 2.49. The van der Waals surface area contributed by atoms with Crippen LogP contribution >= 0.6 is 0 Å². The minimum atomic E-state index is -2.10. The van der Waals surface area contributed by atoms with Gasteiger partial charge in [0.1, 0.15) is 6.04 Å². The number of para-hydroxylation sites is 1. The third-order valence-corrected chi connectivity index (χ3v) is 5.90. The first-order valence-electron chi connectivity index (χ1n) is 10.1. The molecule has 1 heterocycles. The van der Waals surface area contributed by atoms with Crippen LogP contribution in [0.5, 0.6) is 0 Å². The molecule has 2 unspecified atom stereocenters. The summed E-state index contributed by atoms with van der Waals surface area (Å²) in [7, 11) is -2.10. The van der Waals surface area contributed by atoms with Gasteiger partial charge in [0.15, 0.2) is 8.32 Å². The average Bonchev–Trinajstić information content (AvgIpc) is 2.75. The summed E-state index contributed by atoms with van der Waals surface area (Å²) < 4.78 is 6.59. The van der Waals surface area contributed by atoms with Crippen LogP contribution in [-0.4, -0.2) is 19.8 Å². The highest BCUT2D eigenvalue weighted by Gasteiger charge is 2.63. The first-order valence-corrected chi connectivity index (χ1v) is 13.5. The lowest BCUT2D eigenvalue weighted by Gasteiger charge is -2.54. The Hall–Kier alpha value is -3.13. The van der Waals surface area contributed by atoms with Gasteiger partial charge in [0.2, 0.25) is 5.60 Å². The van der Waals surface area contributed by atoms with Crippen LogP contribution in [0, 0.1) is 11.8 Å². The fraction of sp³-hybridized carbons (Fsp3) is 0.192. The van der Waals surface area contributed by atoms with E-state index in [9.17, 15) is 4.79 Å². The molecule has 0 N–H and O–H groups in total. The Bertz CT molecular complexity index is 1080. The van der Waals surface area contributed by atoms with E-state index in [4.69, 9.17) is 4.43 Å². The number of hydrogen-bond acceptors (Lipinski definition) is 2. The van der Waals surface area contributed by atoms with E-state index in [2.05, 4.69) is 31.5 Å². The second-order valence-corrected chi connectivity index (χ2v) is 12.8. The predicted octanol–water partition coefficient (Wildman–Crippen LogP) is 5.42. The van der Waals surface area contributed by atoms with Crippen molar-refractivity contribution in [1.82, 2.24) is 0 Å². The third-order valence-electron chi connectivity index (χ3n) is 4.96. The summed E-state index contributed by atoms with van der Waals surface area (Å²) in [6.45, 7) is 6.29. The van der Waals surface area contributed by atoms with Crippen molar-refractivity contribution < 1.29 is 9.22 Å². The van der Waals surface area contributed by atoms with Gasteiger partial charge < -0.3 is 4.43 Å². The van der Waals surface area contributed by atoms with Crippen molar-refractivity contribution >= 4 is 19.9 Å². The van der Waals surface area contributed by atoms with E-state index in [1.807, 2.05) is 95.9 Å². The van der Waals surface area contributed by atoms with Gasteiger partial charge in [-0.25, -0.2) is 0 Å². The van der Waals surface area contributed by atoms with Crippen molar-refractivity contribution in [2.75, 3.05) is 4.90 Å². The summed E-state index contributed by atoms with van der Waals surface area (Å²) in [6, 6.07) is 29.2. The van der Waals surface area contributed by atoms with Crippen LogP contribution in [0.3, 0.4) is 0 Å². The van der Waals surface area contributed by atoms with E-state index in [0.717, 1.165) is 16.8 Å². The molecular formula is C26H25NO2Si. The molecule has 3 nitrogen and oxygen atoms in total. The standard InChI is InChI=1S/C26H25NO2Si/c1-30(2,3)29-26(20-19-21-13-7-4-8-14-21)24(22-15-9-5-10-16-22)27(25(26)28)23-17-11-6-12-18-23/h4-18,24H,1-3H3. The largest absolute Gasteiger partial charge is 0.393 e. The summed E-state index contributed by atoms with van der Waals surface area (Å²) in [5.41, 5.74) is 1.54. The molecule has 1 saturated heterocycles. The predicted molar refractivity (Wildman–Crippen MR) is 124 cm³/mol. The second kappa shape index (κ2) is 7.95. The maximum atomic E-state index is 13.7. The number of β-lactam (4-membered cyclic amide) rings is 1. The van der Waals surface area contributed by atoms with Crippen molar-refractivity contribution in [2.45, 2.75) is 31.3 Å². The molecule has 1 amide bonds. The maximum absolute atomic E-state index is 13.7. The highest BCUT2D eigenvalue weighted by molar-refractivity contribution is 6.70. The second-order valence-electron chi connectivity index (χ2n) is 8.39. The SMILES string of the molecule is C[Si](C)(C)OC1(C#Cc2ccccc2)C(=O)N(c2ccccc2)C1c1ccccc1. The number of amides is 1. The zero-order valence-electron chi connectivity index (χ0n) is 17.5. The molecule has 30 heavy (non-hydrogen) atoms. The Kier molecular flexibility index (Phi) is 5.34. The molecule has 1 aliphatic rings. The van der Waals surface area contributed by atoms with Crippen LogP contribution in [0.4, 0.5) is 5.69 Å². The van der Waals surface area contributed by atoms with Crippen molar-refractivity contribution in [2.24, 2.45) is 0 Å². The monoisotopic (exact) mass is 411 g/mol. The molecule has 4 rings (SSSR count). The van der Waals surface area contributed by atoms with Gasteiger partial charge in [-0.05, 0) is 49.5 Å². The molecule has 4 heteroatoms. The summed E-state index contributed by atoms with van der Waals surface area (Å²) >= 11 is 0. The van der Waals surface area contributed by atoms with Gasteiger partial charge in [-0.15, -0.1) is 0 Å². The zero-order chi connectivity index (χ0) is 21.2. The number of rotatable bonds is 4. The van der Waals surface area contributed by atoms with Gasteiger partial charge in [-0.2, -0.15) is 0 Å². The van der Waals surface area contributed by atoms with Gasteiger partial charge in [-0.1, -0.05) is 78.6 Å². The molecule has 2 atom stereocenters. The van der Waals surface area contributed by atoms with Gasteiger partial charge >= 0.3 is 0 Å². The summed E-state index contributed by atoms with van der Waals surface area (Å²) in [5, 5.41) is 0. The Morgan fingerprint density at radius 1 is 0.833 bits per heavy atom. The van der Waals surface area contributed by atoms with E-state index < -0.39 is 13.9 Å². The molecule has 150 valence electrons. The molecule has 0 aromatic heterocycles. The van der Waals surface area contributed by atoms with Gasteiger partial charge in [0, 0.05) is 11.3 Å².